The number of rotatable bonds is 5. The fourth-order valence-electron chi connectivity index (χ4n) is 4.33. The molecule has 0 bridgehead atoms. The van der Waals surface area contributed by atoms with Crippen molar-refractivity contribution in [3.05, 3.63) is 93.2 Å². The Hall–Kier alpha value is -2.75. The van der Waals surface area contributed by atoms with Crippen LogP contribution in [0.25, 0.3) is 0 Å². The number of amides is 1. The van der Waals surface area contributed by atoms with Crippen molar-refractivity contribution >= 4 is 29.1 Å². The molecule has 0 spiro atoms. The molecule has 11 heteroatoms. The second-order valence-corrected chi connectivity index (χ2v) is 9.19. The lowest BCUT2D eigenvalue weighted by atomic mass is 9.93. The molecule has 0 saturated carbocycles. The molecule has 2 atom stereocenters. The topological polar surface area (TPSA) is 49.3 Å². The number of likely N-dealkylation sites (N-methyl/N-ethyl adjacent to an activating group) is 1. The van der Waals surface area contributed by atoms with Gasteiger partial charge in [-0.25, -0.2) is 9.37 Å². The Morgan fingerprint density at radius 2 is 1.89 bits per heavy atom. The molecular weight excluding hydrogens is 507 g/mol. The normalized spacial score (nSPS) is 18.3. The largest absolute Gasteiger partial charge is 0.419 e. The third-order valence-corrected chi connectivity index (χ3v) is 6.81. The highest BCUT2D eigenvalue weighted by Gasteiger charge is 2.39. The SMILES string of the molecule is CN(Cc1ccc(C(F)(F)F)c(F)c1)C1CN(C(=O)c2cnccn2)CC1c1ccc(Cl)c(Cl)c1. The predicted octanol–water partition coefficient (Wildman–Crippen LogP) is 5.68. The van der Waals surface area contributed by atoms with Crippen LogP contribution < -0.4 is 0 Å². The van der Waals surface area contributed by atoms with E-state index in [1.165, 1.54) is 24.7 Å². The van der Waals surface area contributed by atoms with Gasteiger partial charge in [0.2, 0.25) is 0 Å². The summed E-state index contributed by atoms with van der Waals surface area (Å²) in [6.07, 6.45) is -0.472. The predicted molar refractivity (Wildman–Crippen MR) is 124 cm³/mol. The maximum atomic E-state index is 14.1. The van der Waals surface area contributed by atoms with Crippen LogP contribution in [0.2, 0.25) is 10.0 Å². The molecule has 1 saturated heterocycles. The number of benzene rings is 2. The summed E-state index contributed by atoms with van der Waals surface area (Å²) in [5, 5.41) is 0.764. The highest BCUT2D eigenvalue weighted by atomic mass is 35.5. The summed E-state index contributed by atoms with van der Waals surface area (Å²) in [5.41, 5.74) is 0.126. The fraction of sp³-hybridized carbons (Fsp3) is 0.292. The molecule has 1 aliphatic heterocycles. The highest BCUT2D eigenvalue weighted by molar-refractivity contribution is 6.42. The number of hydrogen-bond donors (Lipinski definition) is 0. The number of aromatic nitrogens is 2. The van der Waals surface area contributed by atoms with E-state index in [1.807, 2.05) is 11.0 Å². The second kappa shape index (κ2) is 10.1. The van der Waals surface area contributed by atoms with E-state index in [-0.39, 0.29) is 30.1 Å². The van der Waals surface area contributed by atoms with E-state index in [2.05, 4.69) is 9.97 Å². The summed E-state index contributed by atoms with van der Waals surface area (Å²) in [6.45, 7) is 0.842. The van der Waals surface area contributed by atoms with Crippen LogP contribution in [0.15, 0.2) is 55.0 Å². The average Bonchev–Trinajstić information content (AvgIpc) is 3.26. The van der Waals surface area contributed by atoms with E-state index in [0.29, 0.717) is 28.7 Å². The molecule has 1 amide bonds. The van der Waals surface area contributed by atoms with Crippen LogP contribution in [0.5, 0.6) is 0 Å². The van der Waals surface area contributed by atoms with Crippen molar-refractivity contribution < 1.29 is 22.4 Å². The molecule has 4 rings (SSSR count). The number of carbonyl (C=O) groups excluding carboxylic acids is 1. The Balaban J connectivity index is 1.61. The van der Waals surface area contributed by atoms with Crippen molar-refractivity contribution in [1.82, 2.24) is 19.8 Å². The quantitative estimate of drug-likeness (QED) is 0.401. The molecule has 184 valence electrons. The van der Waals surface area contributed by atoms with Crippen molar-refractivity contribution in [2.45, 2.75) is 24.7 Å². The van der Waals surface area contributed by atoms with Crippen molar-refractivity contribution in [2.75, 3.05) is 20.1 Å². The molecule has 2 heterocycles. The van der Waals surface area contributed by atoms with Gasteiger partial charge in [-0.15, -0.1) is 0 Å². The average molecular weight is 527 g/mol. The van der Waals surface area contributed by atoms with Crippen LogP contribution in [0, 0.1) is 5.82 Å². The Kier molecular flexibility index (Phi) is 7.30. The standard InChI is InChI=1S/C24H20Cl2F4N4O/c1-33(11-14-2-4-17(20(27)8-14)24(28,29)30)22-13-34(23(35)21-10-31-6-7-32-21)12-16(22)15-3-5-18(25)19(26)9-15/h2-10,16,22H,11-13H2,1H3. The summed E-state index contributed by atoms with van der Waals surface area (Å²) in [6, 6.07) is 7.90. The maximum absolute atomic E-state index is 14.1. The van der Waals surface area contributed by atoms with Crippen LogP contribution in [0.1, 0.15) is 33.1 Å². The van der Waals surface area contributed by atoms with Crippen LogP contribution in [0.4, 0.5) is 17.6 Å². The van der Waals surface area contributed by atoms with Gasteiger partial charge in [-0.2, -0.15) is 13.2 Å². The minimum Gasteiger partial charge on any atom is -0.335 e. The smallest absolute Gasteiger partial charge is 0.335 e. The fourth-order valence-corrected chi connectivity index (χ4v) is 4.64. The molecule has 2 aromatic carbocycles. The zero-order valence-electron chi connectivity index (χ0n) is 18.4. The number of alkyl halides is 3. The molecule has 3 aromatic rings. The summed E-state index contributed by atoms with van der Waals surface area (Å²) in [7, 11) is 1.78. The molecule has 0 aliphatic carbocycles. The summed E-state index contributed by atoms with van der Waals surface area (Å²) >= 11 is 12.3. The Morgan fingerprint density at radius 1 is 1.11 bits per heavy atom. The van der Waals surface area contributed by atoms with Gasteiger partial charge < -0.3 is 4.90 Å². The second-order valence-electron chi connectivity index (χ2n) is 8.38. The van der Waals surface area contributed by atoms with E-state index < -0.39 is 17.6 Å². The molecule has 1 aliphatic rings. The molecule has 5 nitrogen and oxygen atoms in total. The minimum atomic E-state index is -4.76. The van der Waals surface area contributed by atoms with Gasteiger partial charge in [0.1, 0.15) is 11.5 Å². The number of likely N-dealkylation sites (tertiary alicyclic amines) is 1. The van der Waals surface area contributed by atoms with Gasteiger partial charge >= 0.3 is 6.18 Å². The Labute approximate surface area is 209 Å². The first-order chi connectivity index (χ1) is 16.5. The lowest BCUT2D eigenvalue weighted by Gasteiger charge is -2.29. The summed E-state index contributed by atoms with van der Waals surface area (Å²) in [4.78, 5) is 24.6. The molecule has 0 N–H and O–H groups in total. The van der Waals surface area contributed by atoms with Gasteiger partial charge in [0.15, 0.2) is 0 Å². The third kappa shape index (κ3) is 5.58. The van der Waals surface area contributed by atoms with Crippen molar-refractivity contribution in [3.63, 3.8) is 0 Å². The zero-order valence-corrected chi connectivity index (χ0v) is 19.9. The first-order valence-electron chi connectivity index (χ1n) is 10.6. The summed E-state index contributed by atoms with van der Waals surface area (Å²) < 4.78 is 52.9. The van der Waals surface area contributed by atoms with Gasteiger partial charge in [0.25, 0.3) is 5.91 Å². The van der Waals surface area contributed by atoms with E-state index >= 15 is 0 Å². The van der Waals surface area contributed by atoms with Gasteiger partial charge in [-0.1, -0.05) is 35.3 Å². The number of nitrogens with zero attached hydrogens (tertiary/aromatic N) is 4. The van der Waals surface area contributed by atoms with Gasteiger partial charge in [-0.05, 0) is 42.4 Å². The summed E-state index contributed by atoms with van der Waals surface area (Å²) in [5.74, 6) is -1.80. The number of halogens is 6. The third-order valence-electron chi connectivity index (χ3n) is 6.07. The molecule has 2 unspecified atom stereocenters. The van der Waals surface area contributed by atoms with Crippen LogP contribution in [-0.4, -0.2) is 51.9 Å². The molecule has 1 aromatic heterocycles. The van der Waals surface area contributed by atoms with Gasteiger partial charge in [-0.3, -0.25) is 14.7 Å². The van der Waals surface area contributed by atoms with E-state index in [0.717, 1.165) is 17.7 Å². The first-order valence-corrected chi connectivity index (χ1v) is 11.4. The first kappa shape index (κ1) is 25.3. The van der Waals surface area contributed by atoms with E-state index in [1.54, 1.807) is 24.1 Å². The van der Waals surface area contributed by atoms with E-state index in [9.17, 15) is 22.4 Å². The van der Waals surface area contributed by atoms with Crippen LogP contribution in [0.3, 0.4) is 0 Å². The van der Waals surface area contributed by atoms with Crippen molar-refractivity contribution in [1.29, 1.82) is 0 Å². The van der Waals surface area contributed by atoms with Crippen LogP contribution in [-0.2, 0) is 12.7 Å². The Morgan fingerprint density at radius 3 is 2.51 bits per heavy atom. The molecule has 0 radical (unpaired) electrons. The van der Waals surface area contributed by atoms with E-state index in [4.69, 9.17) is 23.2 Å². The lowest BCUT2D eigenvalue weighted by molar-refractivity contribution is -0.140. The Bertz CT molecular complexity index is 1230. The highest BCUT2D eigenvalue weighted by Crippen LogP contribution is 2.36. The molecule has 1 fully saturated rings. The number of hydrogen-bond acceptors (Lipinski definition) is 4. The monoisotopic (exact) mass is 526 g/mol. The number of carbonyl (C=O) groups is 1. The zero-order chi connectivity index (χ0) is 25.3. The molecular formula is C24H20Cl2F4N4O. The minimum absolute atomic E-state index is 0.171. The van der Waals surface area contributed by atoms with Gasteiger partial charge in [0.05, 0.1) is 21.8 Å². The van der Waals surface area contributed by atoms with Gasteiger partial charge in [0, 0.05) is 44.0 Å². The van der Waals surface area contributed by atoms with Crippen molar-refractivity contribution in [3.8, 4) is 0 Å². The van der Waals surface area contributed by atoms with Crippen LogP contribution >= 0.6 is 23.2 Å². The lowest BCUT2D eigenvalue weighted by Crippen LogP contribution is -2.38. The maximum Gasteiger partial charge on any atom is 0.419 e. The van der Waals surface area contributed by atoms with Crippen molar-refractivity contribution in [2.24, 2.45) is 0 Å². The molecule has 35 heavy (non-hydrogen) atoms.